The molecule has 1 rings (SSSR count). The van der Waals surface area contributed by atoms with Crippen LogP contribution < -0.4 is 5.32 Å². The Morgan fingerprint density at radius 2 is 2.00 bits per heavy atom. The molecule has 1 aliphatic heterocycles. The van der Waals surface area contributed by atoms with E-state index in [9.17, 15) is 9.59 Å². The number of amides is 1. The van der Waals surface area contributed by atoms with Gasteiger partial charge in [-0.25, -0.2) is 0 Å². The number of nitrogens with one attached hydrogen (secondary N) is 1. The molecule has 1 heterocycles. The molecule has 0 aromatic carbocycles. The van der Waals surface area contributed by atoms with Crippen molar-refractivity contribution in [3.63, 3.8) is 0 Å². The van der Waals surface area contributed by atoms with E-state index < -0.39 is 0 Å². The highest BCUT2D eigenvalue weighted by Gasteiger charge is 2.27. The molecule has 0 radical (unpaired) electrons. The Morgan fingerprint density at radius 3 is 2.62 bits per heavy atom. The minimum absolute atomic E-state index is 0.0526. The third kappa shape index (κ3) is 6.93. The number of likely N-dealkylation sites (tertiary alicyclic amines) is 1. The molecule has 1 N–H and O–H groups in total. The van der Waals surface area contributed by atoms with Gasteiger partial charge in [0.1, 0.15) is 0 Å². The van der Waals surface area contributed by atoms with E-state index >= 15 is 0 Å². The zero-order valence-corrected chi connectivity index (χ0v) is 13.9. The van der Waals surface area contributed by atoms with Crippen LogP contribution in [0.1, 0.15) is 46.5 Å². The SMILES string of the molecule is COC(=O)[C@H]1CCCN(CC(=O)NC(C)CCC(C)C)C1. The van der Waals surface area contributed by atoms with Crippen LogP contribution >= 0.6 is 0 Å². The van der Waals surface area contributed by atoms with Crippen LogP contribution in [0, 0.1) is 11.8 Å². The zero-order valence-electron chi connectivity index (χ0n) is 13.9. The number of methoxy groups -OCH3 is 1. The Labute approximate surface area is 128 Å². The highest BCUT2D eigenvalue weighted by atomic mass is 16.5. The van der Waals surface area contributed by atoms with Crippen LogP contribution in [0.4, 0.5) is 0 Å². The van der Waals surface area contributed by atoms with E-state index in [0.29, 0.717) is 19.0 Å². The predicted octanol–water partition coefficient (Wildman–Crippen LogP) is 1.81. The van der Waals surface area contributed by atoms with Crippen LogP contribution in [0.15, 0.2) is 0 Å². The summed E-state index contributed by atoms with van der Waals surface area (Å²) < 4.78 is 4.80. The van der Waals surface area contributed by atoms with Crippen LogP contribution in [0.3, 0.4) is 0 Å². The van der Waals surface area contributed by atoms with Gasteiger partial charge in [-0.3, -0.25) is 14.5 Å². The average Bonchev–Trinajstić information content (AvgIpc) is 2.44. The lowest BCUT2D eigenvalue weighted by atomic mass is 9.98. The van der Waals surface area contributed by atoms with E-state index in [-0.39, 0.29) is 23.8 Å². The van der Waals surface area contributed by atoms with Gasteiger partial charge in [0.2, 0.25) is 5.91 Å². The minimum Gasteiger partial charge on any atom is -0.469 e. The largest absolute Gasteiger partial charge is 0.469 e. The number of carbonyl (C=O) groups is 2. The molecule has 0 aromatic rings. The molecule has 5 heteroatoms. The molecule has 1 saturated heterocycles. The second-order valence-electron chi connectivity index (χ2n) is 6.54. The maximum Gasteiger partial charge on any atom is 0.309 e. The number of hydrogen-bond donors (Lipinski definition) is 1. The molecular weight excluding hydrogens is 268 g/mol. The molecule has 1 aliphatic rings. The summed E-state index contributed by atoms with van der Waals surface area (Å²) in [5, 5.41) is 3.04. The molecule has 2 atom stereocenters. The summed E-state index contributed by atoms with van der Waals surface area (Å²) in [5.41, 5.74) is 0. The Morgan fingerprint density at radius 1 is 1.29 bits per heavy atom. The Kier molecular flexibility index (Phi) is 7.72. The van der Waals surface area contributed by atoms with E-state index in [2.05, 4.69) is 24.1 Å². The number of hydrogen-bond acceptors (Lipinski definition) is 4. The topological polar surface area (TPSA) is 58.6 Å². The predicted molar refractivity (Wildman–Crippen MR) is 82.9 cm³/mol. The Bertz CT molecular complexity index is 344. The molecule has 1 fully saturated rings. The molecule has 0 bridgehead atoms. The molecule has 122 valence electrons. The first-order chi connectivity index (χ1) is 9.92. The summed E-state index contributed by atoms with van der Waals surface area (Å²) in [7, 11) is 1.42. The third-order valence-electron chi connectivity index (χ3n) is 3.99. The number of rotatable bonds is 7. The van der Waals surface area contributed by atoms with Crippen LogP contribution in [-0.4, -0.2) is 49.6 Å². The summed E-state index contributed by atoms with van der Waals surface area (Å²) in [4.78, 5) is 25.7. The minimum atomic E-state index is -0.162. The zero-order chi connectivity index (χ0) is 15.8. The Balaban J connectivity index is 2.31. The quantitative estimate of drug-likeness (QED) is 0.728. The lowest BCUT2D eigenvalue weighted by Gasteiger charge is -2.31. The summed E-state index contributed by atoms with van der Waals surface area (Å²) in [6.07, 6.45) is 3.93. The number of nitrogens with zero attached hydrogens (tertiary/aromatic N) is 1. The fourth-order valence-electron chi connectivity index (χ4n) is 2.74. The number of esters is 1. The second kappa shape index (κ2) is 9.03. The van der Waals surface area contributed by atoms with Crippen LogP contribution in [0.2, 0.25) is 0 Å². The monoisotopic (exact) mass is 298 g/mol. The van der Waals surface area contributed by atoms with Gasteiger partial charge in [0, 0.05) is 12.6 Å². The molecular formula is C16H30N2O3. The molecule has 1 amide bonds. The maximum atomic E-state index is 12.0. The van der Waals surface area contributed by atoms with Gasteiger partial charge >= 0.3 is 5.97 Å². The van der Waals surface area contributed by atoms with Crippen molar-refractivity contribution in [2.45, 2.75) is 52.5 Å². The first-order valence-corrected chi connectivity index (χ1v) is 8.02. The molecule has 0 spiro atoms. The molecule has 0 aliphatic carbocycles. The van der Waals surface area contributed by atoms with Gasteiger partial charge in [0.25, 0.3) is 0 Å². The van der Waals surface area contributed by atoms with Gasteiger partial charge < -0.3 is 10.1 Å². The first kappa shape index (κ1) is 18.0. The lowest BCUT2D eigenvalue weighted by molar-refractivity contribution is -0.147. The van der Waals surface area contributed by atoms with Gasteiger partial charge in [-0.05, 0) is 45.1 Å². The number of ether oxygens (including phenoxy) is 1. The van der Waals surface area contributed by atoms with Crippen molar-refractivity contribution in [1.82, 2.24) is 10.2 Å². The van der Waals surface area contributed by atoms with Gasteiger partial charge in [0.15, 0.2) is 0 Å². The lowest BCUT2D eigenvalue weighted by Crippen LogP contribution is -2.46. The van der Waals surface area contributed by atoms with Crippen molar-refractivity contribution in [2.24, 2.45) is 11.8 Å². The fraction of sp³-hybridized carbons (Fsp3) is 0.875. The van der Waals surface area contributed by atoms with Gasteiger partial charge in [-0.1, -0.05) is 13.8 Å². The van der Waals surface area contributed by atoms with Crippen LogP contribution in [0.5, 0.6) is 0 Å². The average molecular weight is 298 g/mol. The van der Waals surface area contributed by atoms with Gasteiger partial charge in [-0.15, -0.1) is 0 Å². The van der Waals surface area contributed by atoms with Crippen molar-refractivity contribution >= 4 is 11.9 Å². The normalized spacial score (nSPS) is 21.1. The molecule has 0 saturated carbocycles. The maximum absolute atomic E-state index is 12.0. The fourth-order valence-corrected chi connectivity index (χ4v) is 2.74. The van der Waals surface area contributed by atoms with E-state index in [1.165, 1.54) is 7.11 Å². The molecule has 5 nitrogen and oxygen atoms in total. The third-order valence-corrected chi connectivity index (χ3v) is 3.99. The highest BCUT2D eigenvalue weighted by Crippen LogP contribution is 2.17. The van der Waals surface area contributed by atoms with E-state index in [1.807, 2.05) is 6.92 Å². The summed E-state index contributed by atoms with van der Waals surface area (Å²) in [6, 6.07) is 0.209. The van der Waals surface area contributed by atoms with Crippen LogP contribution in [0.25, 0.3) is 0 Å². The van der Waals surface area contributed by atoms with Gasteiger partial charge in [-0.2, -0.15) is 0 Å². The van der Waals surface area contributed by atoms with E-state index in [1.54, 1.807) is 0 Å². The molecule has 21 heavy (non-hydrogen) atoms. The van der Waals surface area contributed by atoms with Crippen molar-refractivity contribution in [1.29, 1.82) is 0 Å². The van der Waals surface area contributed by atoms with E-state index in [0.717, 1.165) is 32.2 Å². The highest BCUT2D eigenvalue weighted by molar-refractivity contribution is 5.78. The smallest absolute Gasteiger partial charge is 0.309 e. The molecule has 1 unspecified atom stereocenters. The summed E-state index contributed by atoms with van der Waals surface area (Å²) in [6.45, 7) is 8.31. The number of carbonyl (C=O) groups excluding carboxylic acids is 2. The van der Waals surface area contributed by atoms with Crippen molar-refractivity contribution in [3.05, 3.63) is 0 Å². The standard InChI is InChI=1S/C16H30N2O3/c1-12(2)7-8-13(3)17-15(19)11-18-9-5-6-14(10-18)16(20)21-4/h12-14H,5-11H2,1-4H3,(H,17,19)/t13?,14-/m0/s1. The van der Waals surface area contributed by atoms with Crippen molar-refractivity contribution in [3.8, 4) is 0 Å². The first-order valence-electron chi connectivity index (χ1n) is 8.02. The summed E-state index contributed by atoms with van der Waals surface area (Å²) >= 11 is 0. The van der Waals surface area contributed by atoms with Gasteiger partial charge in [0.05, 0.1) is 19.6 Å². The summed E-state index contributed by atoms with van der Waals surface area (Å²) in [5.74, 6) is 0.462. The van der Waals surface area contributed by atoms with Crippen molar-refractivity contribution < 1.29 is 14.3 Å². The van der Waals surface area contributed by atoms with E-state index in [4.69, 9.17) is 4.74 Å². The molecule has 0 aromatic heterocycles. The van der Waals surface area contributed by atoms with Crippen LogP contribution in [-0.2, 0) is 14.3 Å². The second-order valence-corrected chi connectivity index (χ2v) is 6.54. The Hall–Kier alpha value is -1.10. The number of piperidine rings is 1. The van der Waals surface area contributed by atoms with Crippen molar-refractivity contribution in [2.75, 3.05) is 26.7 Å².